The second kappa shape index (κ2) is 5.72. The van der Waals surface area contributed by atoms with Gasteiger partial charge in [0.1, 0.15) is 5.84 Å². The Kier molecular flexibility index (Phi) is 3.53. The van der Waals surface area contributed by atoms with E-state index in [2.05, 4.69) is 15.4 Å². The zero-order valence-electron chi connectivity index (χ0n) is 13.1. The first-order chi connectivity index (χ1) is 11.6. The number of carbonyl (C=O) groups excluding carboxylic acids is 1. The molecule has 1 aromatic carbocycles. The summed E-state index contributed by atoms with van der Waals surface area (Å²) in [4.78, 5) is 17.1. The SMILES string of the molecule is Cc1c(C=C2SC(=O)NC2=Nc2ccc3c(c2)OCO3)cnn1C. The molecule has 24 heavy (non-hydrogen) atoms. The number of carbonyl (C=O) groups is 1. The number of aryl methyl sites for hydroxylation is 1. The quantitative estimate of drug-likeness (QED) is 0.908. The van der Waals surface area contributed by atoms with Gasteiger partial charge in [-0.2, -0.15) is 5.10 Å². The van der Waals surface area contributed by atoms with Crippen molar-refractivity contribution in [2.75, 3.05) is 6.79 Å². The molecule has 0 aliphatic carbocycles. The summed E-state index contributed by atoms with van der Waals surface area (Å²) in [6, 6.07) is 5.42. The molecule has 3 heterocycles. The summed E-state index contributed by atoms with van der Waals surface area (Å²) in [5, 5.41) is 6.84. The fourth-order valence-electron chi connectivity index (χ4n) is 2.40. The van der Waals surface area contributed by atoms with Crippen molar-refractivity contribution in [2.45, 2.75) is 6.92 Å². The molecule has 1 aromatic heterocycles. The van der Waals surface area contributed by atoms with Crippen LogP contribution in [0.25, 0.3) is 6.08 Å². The number of amides is 1. The molecule has 122 valence electrons. The molecule has 2 aromatic rings. The van der Waals surface area contributed by atoms with Gasteiger partial charge in [0.25, 0.3) is 5.24 Å². The molecule has 8 heteroatoms. The Balaban J connectivity index is 1.70. The Labute approximate surface area is 142 Å². The number of aliphatic imine (C=N–C) groups is 1. The number of hydrogen-bond acceptors (Lipinski definition) is 6. The zero-order valence-corrected chi connectivity index (χ0v) is 13.9. The van der Waals surface area contributed by atoms with Gasteiger partial charge in [-0.15, -0.1) is 0 Å². The summed E-state index contributed by atoms with van der Waals surface area (Å²) >= 11 is 1.12. The Morgan fingerprint density at radius 2 is 2.21 bits per heavy atom. The van der Waals surface area contributed by atoms with Gasteiger partial charge in [0, 0.05) is 24.4 Å². The van der Waals surface area contributed by atoms with Gasteiger partial charge in [-0.3, -0.25) is 9.48 Å². The molecule has 1 fully saturated rings. The van der Waals surface area contributed by atoms with Gasteiger partial charge in [-0.05, 0) is 36.9 Å². The van der Waals surface area contributed by atoms with Crippen LogP contribution in [0, 0.1) is 6.92 Å². The third kappa shape index (κ3) is 2.65. The minimum atomic E-state index is -0.151. The highest BCUT2D eigenvalue weighted by Gasteiger charge is 2.24. The molecule has 1 N–H and O–H groups in total. The second-order valence-electron chi connectivity index (χ2n) is 5.33. The number of nitrogens with zero attached hydrogens (tertiary/aromatic N) is 3. The van der Waals surface area contributed by atoms with Crippen LogP contribution in [0.2, 0.25) is 0 Å². The Bertz CT molecular complexity index is 901. The molecule has 7 nitrogen and oxygen atoms in total. The van der Waals surface area contributed by atoms with Gasteiger partial charge in [-0.1, -0.05) is 0 Å². The van der Waals surface area contributed by atoms with E-state index < -0.39 is 0 Å². The van der Waals surface area contributed by atoms with Gasteiger partial charge in [0.15, 0.2) is 11.5 Å². The molecular weight excluding hydrogens is 328 g/mol. The van der Waals surface area contributed by atoms with Crippen molar-refractivity contribution in [3.63, 3.8) is 0 Å². The molecule has 0 unspecified atom stereocenters. The summed E-state index contributed by atoms with van der Waals surface area (Å²) < 4.78 is 12.4. The lowest BCUT2D eigenvalue weighted by Crippen LogP contribution is -2.18. The van der Waals surface area contributed by atoms with Gasteiger partial charge in [0.2, 0.25) is 6.79 Å². The van der Waals surface area contributed by atoms with Crippen molar-refractivity contribution in [1.29, 1.82) is 0 Å². The highest BCUT2D eigenvalue weighted by molar-refractivity contribution is 8.18. The fourth-order valence-corrected chi connectivity index (χ4v) is 3.12. The molecule has 2 aliphatic rings. The lowest BCUT2D eigenvalue weighted by atomic mass is 10.2. The number of nitrogens with one attached hydrogen (secondary N) is 1. The van der Waals surface area contributed by atoms with Crippen LogP contribution >= 0.6 is 11.8 Å². The van der Waals surface area contributed by atoms with E-state index in [-0.39, 0.29) is 12.0 Å². The highest BCUT2D eigenvalue weighted by Crippen LogP contribution is 2.36. The smallest absolute Gasteiger partial charge is 0.289 e. The number of thioether (sulfide) groups is 1. The largest absolute Gasteiger partial charge is 0.454 e. The second-order valence-corrected chi connectivity index (χ2v) is 6.34. The van der Waals surface area contributed by atoms with Crippen LogP contribution in [0.3, 0.4) is 0 Å². The van der Waals surface area contributed by atoms with Crippen LogP contribution in [-0.4, -0.2) is 27.6 Å². The van der Waals surface area contributed by atoms with Crippen LogP contribution in [0.1, 0.15) is 11.3 Å². The van der Waals surface area contributed by atoms with Crippen LogP contribution in [0.4, 0.5) is 10.5 Å². The number of rotatable bonds is 2. The first-order valence-electron chi connectivity index (χ1n) is 7.28. The van der Waals surface area contributed by atoms with Crippen molar-refractivity contribution >= 4 is 34.6 Å². The maximum atomic E-state index is 11.8. The maximum absolute atomic E-state index is 11.8. The lowest BCUT2D eigenvalue weighted by Gasteiger charge is -2.01. The van der Waals surface area contributed by atoms with Gasteiger partial charge in [-0.25, -0.2) is 4.99 Å². The number of aromatic nitrogens is 2. The molecule has 4 rings (SSSR count). The molecular formula is C16H14N4O3S. The third-order valence-electron chi connectivity index (χ3n) is 3.81. The number of ether oxygens (including phenoxy) is 2. The van der Waals surface area contributed by atoms with Crippen molar-refractivity contribution in [3.05, 3.63) is 40.6 Å². The van der Waals surface area contributed by atoms with Gasteiger partial charge in [0.05, 0.1) is 16.8 Å². The third-order valence-corrected chi connectivity index (χ3v) is 4.63. The molecule has 1 saturated heterocycles. The van der Waals surface area contributed by atoms with Crippen LogP contribution < -0.4 is 14.8 Å². The van der Waals surface area contributed by atoms with E-state index in [0.717, 1.165) is 27.9 Å². The molecule has 0 radical (unpaired) electrons. The fraction of sp³-hybridized carbons (Fsp3) is 0.188. The number of hydrogen-bond donors (Lipinski definition) is 1. The number of fused-ring (bicyclic) bond motifs is 1. The van der Waals surface area contributed by atoms with E-state index in [4.69, 9.17) is 9.47 Å². The van der Waals surface area contributed by atoms with E-state index in [1.54, 1.807) is 23.0 Å². The van der Waals surface area contributed by atoms with Gasteiger partial charge < -0.3 is 14.8 Å². The minimum absolute atomic E-state index is 0.151. The summed E-state index contributed by atoms with van der Waals surface area (Å²) in [6.07, 6.45) is 3.68. The molecule has 2 aliphatic heterocycles. The molecule has 0 bridgehead atoms. The van der Waals surface area contributed by atoms with Crippen LogP contribution in [0.15, 0.2) is 34.3 Å². The Morgan fingerprint density at radius 3 is 3.00 bits per heavy atom. The lowest BCUT2D eigenvalue weighted by molar-refractivity contribution is 0.174. The van der Waals surface area contributed by atoms with E-state index in [0.29, 0.717) is 23.0 Å². The van der Waals surface area contributed by atoms with Crippen LogP contribution in [0.5, 0.6) is 11.5 Å². The summed E-state index contributed by atoms with van der Waals surface area (Å²) in [5.74, 6) is 1.88. The summed E-state index contributed by atoms with van der Waals surface area (Å²) in [7, 11) is 1.88. The monoisotopic (exact) mass is 342 g/mol. The van der Waals surface area contributed by atoms with Crippen molar-refractivity contribution in [3.8, 4) is 11.5 Å². The Morgan fingerprint density at radius 1 is 1.38 bits per heavy atom. The van der Waals surface area contributed by atoms with Crippen molar-refractivity contribution in [2.24, 2.45) is 12.0 Å². The van der Waals surface area contributed by atoms with Crippen molar-refractivity contribution in [1.82, 2.24) is 15.1 Å². The van der Waals surface area contributed by atoms with Crippen molar-refractivity contribution < 1.29 is 14.3 Å². The van der Waals surface area contributed by atoms with E-state index >= 15 is 0 Å². The van der Waals surface area contributed by atoms with E-state index in [9.17, 15) is 4.79 Å². The topological polar surface area (TPSA) is 77.7 Å². The average Bonchev–Trinajstić information content (AvgIpc) is 3.23. The molecule has 0 spiro atoms. The summed E-state index contributed by atoms with van der Waals surface area (Å²) in [5.41, 5.74) is 2.66. The molecule has 1 amide bonds. The average molecular weight is 342 g/mol. The van der Waals surface area contributed by atoms with E-state index in [1.165, 1.54) is 0 Å². The number of benzene rings is 1. The summed E-state index contributed by atoms with van der Waals surface area (Å²) in [6.45, 7) is 2.19. The maximum Gasteiger partial charge on any atom is 0.289 e. The standard InChI is InChI=1S/C16H14N4O3S/c1-9-10(7-17-20(9)2)5-14-15(19-16(21)24-14)18-11-3-4-12-13(6-11)23-8-22-12/h3-7H,8H2,1-2H3,(H,18,19,21). The minimum Gasteiger partial charge on any atom is -0.454 e. The zero-order chi connectivity index (χ0) is 16.7. The predicted molar refractivity (Wildman–Crippen MR) is 91.7 cm³/mol. The van der Waals surface area contributed by atoms with E-state index in [1.807, 2.05) is 26.1 Å². The molecule has 0 atom stereocenters. The predicted octanol–water partition coefficient (Wildman–Crippen LogP) is 2.98. The highest BCUT2D eigenvalue weighted by atomic mass is 32.2. The van der Waals surface area contributed by atoms with Gasteiger partial charge >= 0.3 is 0 Å². The van der Waals surface area contributed by atoms with Crippen LogP contribution in [-0.2, 0) is 7.05 Å². The normalized spacial score (nSPS) is 19.3. The number of amidine groups is 1. The Hall–Kier alpha value is -2.74. The first kappa shape index (κ1) is 14.8. The first-order valence-corrected chi connectivity index (χ1v) is 8.09. The molecule has 0 saturated carbocycles.